The molecule has 5 heteroatoms. The van der Waals surface area contributed by atoms with Crippen molar-refractivity contribution < 1.29 is 20.1 Å². The first-order chi connectivity index (χ1) is 26.5. The molecule has 54 heavy (non-hydrogen) atoms. The second-order valence-corrected chi connectivity index (χ2v) is 16.7. The summed E-state index contributed by atoms with van der Waals surface area (Å²) in [5.74, 6) is -0.289. The smallest absolute Gasteiger partial charge is 0.222 e. The van der Waals surface area contributed by atoms with E-state index in [9.17, 15) is 20.1 Å². The molecule has 0 bridgehead atoms. The van der Waals surface area contributed by atoms with Crippen molar-refractivity contribution >= 4 is 5.91 Å². The number of nitrogens with one attached hydrogen (secondary N) is 1. The number of rotatable bonds is 44. The lowest BCUT2D eigenvalue weighted by Gasteiger charge is -2.23. The number of hydrogen-bond acceptors (Lipinski definition) is 4. The predicted octanol–water partition coefficient (Wildman–Crippen LogP) is 14.2. The van der Waals surface area contributed by atoms with Crippen LogP contribution in [-0.4, -0.2) is 46.1 Å². The summed E-state index contributed by atoms with van der Waals surface area (Å²) in [6.45, 7) is 4.25. The van der Waals surface area contributed by atoms with Crippen molar-refractivity contribution in [1.82, 2.24) is 5.32 Å². The maximum atomic E-state index is 12.5. The Morgan fingerprint density at radius 3 is 1.20 bits per heavy atom. The monoisotopic (exact) mass is 762 g/mol. The van der Waals surface area contributed by atoms with Gasteiger partial charge in [-0.05, 0) is 44.9 Å². The molecule has 0 saturated carbocycles. The average Bonchev–Trinajstić information content (AvgIpc) is 3.16. The van der Waals surface area contributed by atoms with E-state index < -0.39 is 18.2 Å². The molecule has 0 aromatic carbocycles. The highest BCUT2D eigenvalue weighted by atomic mass is 16.3. The van der Waals surface area contributed by atoms with E-state index in [4.69, 9.17) is 0 Å². The minimum atomic E-state index is -0.752. The van der Waals surface area contributed by atoms with Crippen LogP contribution in [-0.2, 0) is 4.79 Å². The van der Waals surface area contributed by atoms with Crippen LogP contribution in [0, 0.1) is 0 Å². The molecule has 3 atom stereocenters. The Kier molecular flexibility index (Phi) is 43.6. The van der Waals surface area contributed by atoms with Gasteiger partial charge in [-0.15, -0.1) is 0 Å². The number of aliphatic hydroxyl groups excluding tert-OH is 3. The molecule has 0 rings (SSSR count). The van der Waals surface area contributed by atoms with Crippen molar-refractivity contribution in [3.8, 4) is 0 Å². The van der Waals surface area contributed by atoms with E-state index in [-0.39, 0.29) is 18.9 Å². The van der Waals surface area contributed by atoms with Crippen molar-refractivity contribution in [2.24, 2.45) is 0 Å². The molecule has 4 N–H and O–H groups in total. The average molecular weight is 762 g/mol. The van der Waals surface area contributed by atoms with Gasteiger partial charge in [0, 0.05) is 0 Å². The molecule has 5 nitrogen and oxygen atoms in total. The van der Waals surface area contributed by atoms with Crippen molar-refractivity contribution in [2.45, 2.75) is 276 Å². The Morgan fingerprint density at radius 2 is 0.796 bits per heavy atom. The van der Waals surface area contributed by atoms with E-state index in [0.717, 1.165) is 44.9 Å². The van der Waals surface area contributed by atoms with E-state index in [1.54, 1.807) is 0 Å². The van der Waals surface area contributed by atoms with Crippen LogP contribution >= 0.6 is 0 Å². The number of carbonyl (C=O) groups is 1. The van der Waals surface area contributed by atoms with Crippen LogP contribution in [0.3, 0.4) is 0 Å². The molecule has 0 fully saturated rings. The van der Waals surface area contributed by atoms with Crippen LogP contribution in [0.4, 0.5) is 0 Å². The maximum Gasteiger partial charge on any atom is 0.222 e. The van der Waals surface area contributed by atoms with Crippen LogP contribution in [0.5, 0.6) is 0 Å². The Balaban J connectivity index is 3.56. The highest BCUT2D eigenvalue weighted by Gasteiger charge is 2.21. The fraction of sp³-hybridized carbons (Fsp3) is 0.898. The largest absolute Gasteiger partial charge is 0.394 e. The number of unbranched alkanes of at least 4 members (excludes halogenated alkanes) is 31. The summed E-state index contributed by atoms with van der Waals surface area (Å²) in [4.78, 5) is 12.5. The number of carbonyl (C=O) groups excluding carboxylic acids is 1. The lowest BCUT2D eigenvalue weighted by atomic mass is 10.0. The van der Waals surface area contributed by atoms with Gasteiger partial charge in [0.15, 0.2) is 0 Å². The first-order valence-corrected chi connectivity index (χ1v) is 24.1. The quantitative estimate of drug-likeness (QED) is 0.0368. The van der Waals surface area contributed by atoms with Crippen LogP contribution in [0.2, 0.25) is 0 Å². The van der Waals surface area contributed by atoms with Gasteiger partial charge < -0.3 is 20.6 Å². The fourth-order valence-electron chi connectivity index (χ4n) is 7.55. The molecule has 1 amide bonds. The van der Waals surface area contributed by atoms with E-state index in [1.165, 1.54) is 180 Å². The zero-order valence-electron chi connectivity index (χ0n) is 36.4. The van der Waals surface area contributed by atoms with Gasteiger partial charge in [-0.3, -0.25) is 4.79 Å². The molecule has 320 valence electrons. The molecule has 0 aliphatic rings. The summed E-state index contributed by atoms with van der Waals surface area (Å²) in [5.41, 5.74) is 0. The molecular weight excluding hydrogens is 667 g/mol. The molecule has 0 saturated heterocycles. The van der Waals surface area contributed by atoms with Crippen LogP contribution < -0.4 is 5.32 Å². The third-order valence-corrected chi connectivity index (χ3v) is 11.3. The van der Waals surface area contributed by atoms with E-state index >= 15 is 0 Å². The minimum Gasteiger partial charge on any atom is -0.394 e. The summed E-state index contributed by atoms with van der Waals surface area (Å²) in [6, 6.07) is -0.662. The SMILES string of the molecule is CCCCC/C=C\C/C=C\CCCCCCCC(O)CC(=O)NC(CO)C(O)CCCCCCCCCCCCCCCCCCCCCCCCCC. The normalized spacial score (nSPS) is 13.6. The predicted molar refractivity (Wildman–Crippen MR) is 236 cm³/mol. The van der Waals surface area contributed by atoms with Gasteiger partial charge in [-0.1, -0.05) is 231 Å². The van der Waals surface area contributed by atoms with Crippen molar-refractivity contribution in [3.63, 3.8) is 0 Å². The van der Waals surface area contributed by atoms with Gasteiger partial charge in [0.1, 0.15) is 0 Å². The molecule has 0 aliphatic heterocycles. The first kappa shape index (κ1) is 52.8. The second-order valence-electron chi connectivity index (χ2n) is 16.7. The third-order valence-electron chi connectivity index (χ3n) is 11.3. The zero-order chi connectivity index (χ0) is 39.4. The van der Waals surface area contributed by atoms with Crippen molar-refractivity contribution in [2.75, 3.05) is 6.61 Å². The molecule has 3 unspecified atom stereocenters. The van der Waals surface area contributed by atoms with Gasteiger partial charge in [0.25, 0.3) is 0 Å². The molecular formula is C49H95NO4. The molecule has 0 spiro atoms. The Hall–Kier alpha value is -1.17. The van der Waals surface area contributed by atoms with Crippen LogP contribution in [0.25, 0.3) is 0 Å². The topological polar surface area (TPSA) is 89.8 Å². The lowest BCUT2D eigenvalue weighted by molar-refractivity contribution is -0.125. The number of allylic oxidation sites excluding steroid dienone is 4. The van der Waals surface area contributed by atoms with Gasteiger partial charge >= 0.3 is 0 Å². The number of aliphatic hydroxyl groups is 3. The van der Waals surface area contributed by atoms with Gasteiger partial charge in [-0.2, -0.15) is 0 Å². The molecule has 0 heterocycles. The molecule has 0 aromatic heterocycles. The summed E-state index contributed by atoms with van der Waals surface area (Å²) in [6.07, 6.45) is 54.4. The first-order valence-electron chi connectivity index (χ1n) is 24.1. The minimum absolute atomic E-state index is 0.0283. The molecule has 0 aromatic rings. The van der Waals surface area contributed by atoms with Crippen molar-refractivity contribution in [3.05, 3.63) is 24.3 Å². The number of amides is 1. The van der Waals surface area contributed by atoms with Crippen LogP contribution in [0.1, 0.15) is 258 Å². The summed E-state index contributed by atoms with van der Waals surface area (Å²) < 4.78 is 0. The summed E-state index contributed by atoms with van der Waals surface area (Å²) >= 11 is 0. The van der Waals surface area contributed by atoms with E-state index in [0.29, 0.717) is 12.8 Å². The Labute approximate surface area is 337 Å². The summed E-state index contributed by atoms with van der Waals surface area (Å²) in [5, 5.41) is 33.5. The standard InChI is InChI=1S/C49H95NO4/c1-3-5-7-9-11-13-15-17-19-20-21-22-23-24-25-26-27-29-31-33-35-37-39-41-43-48(53)47(45-51)50-49(54)44-46(52)42-40-38-36-34-32-30-28-18-16-14-12-10-8-6-4-2/h12,14,18,28,46-48,51-53H,3-11,13,15-17,19-27,29-45H2,1-2H3,(H,50,54)/b14-12-,28-18-. The van der Waals surface area contributed by atoms with Crippen molar-refractivity contribution in [1.29, 1.82) is 0 Å². The molecule has 0 aliphatic carbocycles. The van der Waals surface area contributed by atoms with Gasteiger partial charge in [0.2, 0.25) is 5.91 Å². The highest BCUT2D eigenvalue weighted by Crippen LogP contribution is 2.17. The van der Waals surface area contributed by atoms with E-state index in [2.05, 4.69) is 43.5 Å². The van der Waals surface area contributed by atoms with Gasteiger partial charge in [-0.25, -0.2) is 0 Å². The van der Waals surface area contributed by atoms with Crippen LogP contribution in [0.15, 0.2) is 24.3 Å². The third kappa shape index (κ3) is 40.5. The number of hydrogen-bond donors (Lipinski definition) is 4. The second kappa shape index (κ2) is 44.5. The Bertz CT molecular complexity index is 799. The Morgan fingerprint density at radius 1 is 0.463 bits per heavy atom. The van der Waals surface area contributed by atoms with E-state index in [1.807, 2.05) is 0 Å². The zero-order valence-corrected chi connectivity index (χ0v) is 36.4. The van der Waals surface area contributed by atoms with Gasteiger partial charge in [0.05, 0.1) is 31.3 Å². The highest BCUT2D eigenvalue weighted by molar-refractivity contribution is 5.76. The maximum absolute atomic E-state index is 12.5. The summed E-state index contributed by atoms with van der Waals surface area (Å²) in [7, 11) is 0. The fourth-order valence-corrected chi connectivity index (χ4v) is 7.55. The molecule has 0 radical (unpaired) electrons. The lowest BCUT2D eigenvalue weighted by Crippen LogP contribution is -2.46.